The molecule has 0 aromatic heterocycles. The van der Waals surface area contributed by atoms with Crippen LogP contribution < -0.4 is 10.6 Å². The lowest BCUT2D eigenvalue weighted by Gasteiger charge is -2.23. The van der Waals surface area contributed by atoms with Gasteiger partial charge in [-0.1, -0.05) is 18.2 Å². The molecule has 2 unspecified atom stereocenters. The Bertz CT molecular complexity index is 688. The van der Waals surface area contributed by atoms with E-state index in [1.165, 1.54) is 0 Å². The van der Waals surface area contributed by atoms with Crippen LogP contribution in [0.25, 0.3) is 0 Å². The monoisotopic (exact) mass is 408 g/mol. The Morgan fingerprint density at radius 2 is 2.04 bits per heavy atom. The molecule has 1 aliphatic rings. The average Bonchev–Trinajstić information content (AvgIpc) is 3.08. The lowest BCUT2D eigenvalue weighted by atomic mass is 10.2. The predicted octanol–water partition coefficient (Wildman–Crippen LogP) is 2.36. The Morgan fingerprint density at radius 1 is 1.32 bits per heavy atom. The first kappa shape index (κ1) is 22.2. The highest BCUT2D eigenvalue weighted by atomic mass is 32.2. The van der Waals surface area contributed by atoms with Crippen LogP contribution in [0.1, 0.15) is 34.1 Å². The van der Waals surface area contributed by atoms with Crippen LogP contribution in [0.15, 0.2) is 40.2 Å². The van der Waals surface area contributed by atoms with E-state index in [1.54, 1.807) is 0 Å². The van der Waals surface area contributed by atoms with Gasteiger partial charge in [-0.05, 0) is 46.2 Å². The van der Waals surface area contributed by atoms with Crippen molar-refractivity contribution in [3.63, 3.8) is 0 Å². The minimum atomic E-state index is -1.06. The molecule has 0 spiro atoms. The quantitative estimate of drug-likeness (QED) is 0.558. The second-order valence-electron chi connectivity index (χ2n) is 7.68. The Balaban J connectivity index is 1.86. The summed E-state index contributed by atoms with van der Waals surface area (Å²) in [6.45, 7) is 10.3. The Morgan fingerprint density at radius 3 is 2.68 bits per heavy atom. The van der Waals surface area contributed by atoms with E-state index in [-0.39, 0.29) is 12.1 Å². The number of hydrogen-bond acceptors (Lipinski definition) is 4. The maximum absolute atomic E-state index is 12.3. The lowest BCUT2D eigenvalue weighted by molar-refractivity contribution is 0.0507. The number of nitrogens with zero attached hydrogens (tertiary/aromatic N) is 2. The number of rotatable bonds is 6. The standard InChI is InChI=1S/C20H32N4O3S/c1-5-21-18(22-12-14-28(26)17-9-7-6-8-10-17)24-13-11-16(15-24)23-19(25)27-20(2,3)4/h6-10,16H,5,11-15H2,1-4H3,(H,21,22)(H,23,25). The van der Waals surface area contributed by atoms with Crippen molar-refractivity contribution in [2.45, 2.75) is 50.7 Å². The first-order valence-electron chi connectivity index (χ1n) is 9.74. The van der Waals surface area contributed by atoms with E-state index < -0.39 is 16.4 Å². The van der Waals surface area contributed by atoms with Gasteiger partial charge in [-0.25, -0.2) is 4.79 Å². The number of nitrogens with one attached hydrogen (secondary N) is 2. The Kier molecular flexibility index (Phi) is 8.29. The van der Waals surface area contributed by atoms with Crippen molar-refractivity contribution in [1.82, 2.24) is 15.5 Å². The van der Waals surface area contributed by atoms with Gasteiger partial charge in [-0.15, -0.1) is 0 Å². The van der Waals surface area contributed by atoms with Crippen LogP contribution in [0.5, 0.6) is 0 Å². The highest BCUT2D eigenvalue weighted by Gasteiger charge is 2.27. The number of carbonyl (C=O) groups is 1. The van der Waals surface area contributed by atoms with Crippen molar-refractivity contribution < 1.29 is 13.7 Å². The van der Waals surface area contributed by atoms with Gasteiger partial charge in [0.1, 0.15) is 5.60 Å². The highest BCUT2D eigenvalue weighted by Crippen LogP contribution is 2.12. The molecule has 1 amide bonds. The van der Waals surface area contributed by atoms with Gasteiger partial charge < -0.3 is 20.3 Å². The number of ether oxygens (including phenoxy) is 1. The van der Waals surface area contributed by atoms with E-state index in [1.807, 2.05) is 58.0 Å². The molecule has 1 heterocycles. The molecule has 1 aromatic rings. The zero-order valence-corrected chi connectivity index (χ0v) is 18.1. The molecule has 1 fully saturated rings. The van der Waals surface area contributed by atoms with Gasteiger partial charge in [0.25, 0.3) is 0 Å². The Labute approximate surface area is 170 Å². The Hall–Kier alpha value is -2.09. The first-order valence-corrected chi connectivity index (χ1v) is 11.1. The number of likely N-dealkylation sites (tertiary alicyclic amines) is 1. The molecule has 2 rings (SSSR count). The SMILES string of the molecule is CCNC(=NCCS(=O)c1ccccc1)N1CCC(NC(=O)OC(C)(C)C)C1. The number of guanidine groups is 1. The molecule has 0 radical (unpaired) electrons. The number of hydrogen-bond donors (Lipinski definition) is 2. The summed E-state index contributed by atoms with van der Waals surface area (Å²) in [5, 5.41) is 6.21. The fourth-order valence-electron chi connectivity index (χ4n) is 2.90. The summed E-state index contributed by atoms with van der Waals surface area (Å²) in [6, 6.07) is 9.47. The van der Waals surface area contributed by atoms with Crippen molar-refractivity contribution >= 4 is 22.9 Å². The molecular weight excluding hydrogens is 376 g/mol. The predicted molar refractivity (Wildman–Crippen MR) is 113 cm³/mol. The molecule has 8 heteroatoms. The molecule has 0 saturated carbocycles. The molecule has 1 aliphatic heterocycles. The van der Waals surface area contributed by atoms with Crippen LogP contribution in [0.2, 0.25) is 0 Å². The second-order valence-corrected chi connectivity index (χ2v) is 9.25. The molecule has 0 aliphatic carbocycles. The number of alkyl carbamates (subject to hydrolysis) is 1. The molecule has 7 nitrogen and oxygen atoms in total. The van der Waals surface area contributed by atoms with Crippen LogP contribution in [0.4, 0.5) is 4.79 Å². The van der Waals surface area contributed by atoms with Crippen LogP contribution >= 0.6 is 0 Å². The molecule has 2 atom stereocenters. The summed E-state index contributed by atoms with van der Waals surface area (Å²) >= 11 is 0. The van der Waals surface area contributed by atoms with Gasteiger partial charge >= 0.3 is 6.09 Å². The number of aliphatic imine (C=N–C) groups is 1. The molecule has 1 saturated heterocycles. The van der Waals surface area contributed by atoms with E-state index in [0.717, 1.165) is 30.4 Å². The molecule has 0 bridgehead atoms. The third-order valence-corrected chi connectivity index (χ3v) is 5.44. The largest absolute Gasteiger partial charge is 0.444 e. The van der Waals surface area contributed by atoms with Crippen molar-refractivity contribution in [2.24, 2.45) is 4.99 Å². The van der Waals surface area contributed by atoms with Crippen LogP contribution in [-0.2, 0) is 15.5 Å². The third kappa shape index (κ3) is 7.50. The topological polar surface area (TPSA) is 83.0 Å². The summed E-state index contributed by atoms with van der Waals surface area (Å²) in [5.41, 5.74) is -0.507. The van der Waals surface area contributed by atoms with Crippen molar-refractivity contribution in [1.29, 1.82) is 0 Å². The normalized spacial score (nSPS) is 18.6. The summed E-state index contributed by atoms with van der Waals surface area (Å²) in [5.74, 6) is 1.27. The van der Waals surface area contributed by atoms with Gasteiger partial charge in [0.2, 0.25) is 0 Å². The maximum Gasteiger partial charge on any atom is 0.407 e. The van der Waals surface area contributed by atoms with Crippen LogP contribution in [0.3, 0.4) is 0 Å². The van der Waals surface area contributed by atoms with Crippen LogP contribution in [-0.4, -0.2) is 64.7 Å². The van der Waals surface area contributed by atoms with Crippen molar-refractivity contribution in [3.8, 4) is 0 Å². The summed E-state index contributed by atoms with van der Waals surface area (Å²) in [4.78, 5) is 19.5. The van der Waals surface area contributed by atoms with Gasteiger partial charge in [0, 0.05) is 30.3 Å². The number of carbonyl (C=O) groups excluding carboxylic acids is 1. The maximum atomic E-state index is 12.3. The molecule has 156 valence electrons. The van der Waals surface area contributed by atoms with E-state index in [9.17, 15) is 9.00 Å². The molecule has 2 N–H and O–H groups in total. The zero-order valence-electron chi connectivity index (χ0n) is 17.2. The smallest absolute Gasteiger partial charge is 0.407 e. The summed E-state index contributed by atoms with van der Waals surface area (Å²) in [6.07, 6.45) is 0.444. The summed E-state index contributed by atoms with van der Waals surface area (Å²) in [7, 11) is -1.06. The van der Waals surface area contributed by atoms with Gasteiger partial charge in [-0.2, -0.15) is 0 Å². The lowest BCUT2D eigenvalue weighted by Crippen LogP contribution is -2.44. The summed E-state index contributed by atoms with van der Waals surface area (Å²) < 4.78 is 17.7. The van der Waals surface area contributed by atoms with Crippen molar-refractivity contribution in [2.75, 3.05) is 31.9 Å². The fraction of sp³-hybridized carbons (Fsp3) is 0.600. The number of benzene rings is 1. The van der Waals surface area contributed by atoms with E-state index in [0.29, 0.717) is 18.8 Å². The molecular formula is C20H32N4O3S. The third-order valence-electron chi connectivity index (χ3n) is 4.09. The van der Waals surface area contributed by atoms with Gasteiger partial charge in [0.05, 0.1) is 23.4 Å². The second kappa shape index (κ2) is 10.5. The highest BCUT2D eigenvalue weighted by molar-refractivity contribution is 7.85. The first-order chi connectivity index (χ1) is 13.3. The van der Waals surface area contributed by atoms with Crippen molar-refractivity contribution in [3.05, 3.63) is 30.3 Å². The molecule has 28 heavy (non-hydrogen) atoms. The van der Waals surface area contributed by atoms with E-state index in [4.69, 9.17) is 4.74 Å². The van der Waals surface area contributed by atoms with Gasteiger partial charge in [0.15, 0.2) is 5.96 Å². The zero-order chi connectivity index (χ0) is 20.6. The van der Waals surface area contributed by atoms with E-state index in [2.05, 4.69) is 20.5 Å². The average molecular weight is 409 g/mol. The minimum absolute atomic E-state index is 0.0251. The van der Waals surface area contributed by atoms with Gasteiger partial charge in [-0.3, -0.25) is 9.20 Å². The minimum Gasteiger partial charge on any atom is -0.444 e. The molecule has 1 aromatic carbocycles. The number of amides is 1. The van der Waals surface area contributed by atoms with E-state index >= 15 is 0 Å². The van der Waals surface area contributed by atoms with Crippen LogP contribution in [0, 0.1) is 0 Å². The fourth-order valence-corrected chi connectivity index (χ4v) is 3.85.